The highest BCUT2D eigenvalue weighted by molar-refractivity contribution is 6.05. The Balaban J connectivity index is 2.26. The van der Waals surface area contributed by atoms with E-state index in [1.54, 1.807) is 31.4 Å². The molecule has 0 aliphatic rings. The summed E-state index contributed by atoms with van der Waals surface area (Å²) in [7, 11) is 1.61. The number of rotatable bonds is 4. The van der Waals surface area contributed by atoms with E-state index in [2.05, 4.69) is 25.2 Å². The maximum atomic E-state index is 12.4. The van der Waals surface area contributed by atoms with Crippen molar-refractivity contribution in [2.45, 2.75) is 26.7 Å². The molecule has 3 heteroatoms. The second-order valence-corrected chi connectivity index (χ2v) is 5.38. The summed E-state index contributed by atoms with van der Waals surface area (Å²) >= 11 is 0. The molecule has 0 aliphatic heterocycles. The second-order valence-electron chi connectivity index (χ2n) is 5.38. The number of hydrogen-bond acceptors (Lipinski definition) is 2. The maximum absolute atomic E-state index is 12.4. The van der Waals surface area contributed by atoms with E-state index < -0.39 is 0 Å². The lowest BCUT2D eigenvalue weighted by Crippen LogP contribution is -2.14. The zero-order chi connectivity index (χ0) is 15.4. The van der Waals surface area contributed by atoms with Crippen molar-refractivity contribution in [2.24, 2.45) is 0 Å². The van der Waals surface area contributed by atoms with Gasteiger partial charge in [0.1, 0.15) is 5.75 Å². The number of aryl methyl sites for hydroxylation is 1. The molecule has 0 saturated carbocycles. The number of anilines is 1. The zero-order valence-electron chi connectivity index (χ0n) is 12.9. The van der Waals surface area contributed by atoms with Crippen LogP contribution in [-0.4, -0.2) is 13.0 Å². The molecule has 1 amide bonds. The number of methoxy groups -OCH3 is 1. The summed E-state index contributed by atoms with van der Waals surface area (Å²) in [6.07, 6.45) is 0. The standard InChI is InChI=1S/C18H21NO2/c1-12(2)16-7-5-6-13(3)17(16)19-18(20)14-8-10-15(21-4)11-9-14/h5-12H,1-4H3,(H,19,20). The van der Waals surface area contributed by atoms with E-state index >= 15 is 0 Å². The molecule has 2 rings (SSSR count). The van der Waals surface area contributed by atoms with Crippen LogP contribution in [0.4, 0.5) is 5.69 Å². The highest BCUT2D eigenvalue weighted by Crippen LogP contribution is 2.28. The summed E-state index contributed by atoms with van der Waals surface area (Å²) in [5.41, 5.74) is 3.75. The van der Waals surface area contributed by atoms with Crippen LogP contribution in [0.25, 0.3) is 0 Å². The van der Waals surface area contributed by atoms with Crippen molar-refractivity contribution in [2.75, 3.05) is 12.4 Å². The van der Waals surface area contributed by atoms with E-state index in [0.29, 0.717) is 11.5 Å². The molecule has 0 aromatic heterocycles. The predicted octanol–water partition coefficient (Wildman–Crippen LogP) is 4.38. The van der Waals surface area contributed by atoms with Gasteiger partial charge in [0.15, 0.2) is 0 Å². The third-order valence-electron chi connectivity index (χ3n) is 3.52. The fourth-order valence-corrected chi connectivity index (χ4v) is 2.27. The molecule has 0 radical (unpaired) electrons. The Bertz CT molecular complexity index is 630. The van der Waals surface area contributed by atoms with Gasteiger partial charge in [0.25, 0.3) is 5.91 Å². The summed E-state index contributed by atoms with van der Waals surface area (Å²) in [5.74, 6) is 0.996. The largest absolute Gasteiger partial charge is 0.497 e. The molecule has 21 heavy (non-hydrogen) atoms. The van der Waals surface area contributed by atoms with Gasteiger partial charge in [0.05, 0.1) is 7.11 Å². The van der Waals surface area contributed by atoms with Crippen LogP contribution in [0.5, 0.6) is 5.75 Å². The van der Waals surface area contributed by atoms with Crippen molar-refractivity contribution in [3.05, 3.63) is 59.2 Å². The fraction of sp³-hybridized carbons (Fsp3) is 0.278. The number of ether oxygens (including phenoxy) is 1. The van der Waals surface area contributed by atoms with Gasteiger partial charge in [-0.05, 0) is 48.2 Å². The Morgan fingerprint density at radius 2 is 1.76 bits per heavy atom. The highest BCUT2D eigenvalue weighted by atomic mass is 16.5. The van der Waals surface area contributed by atoms with Crippen molar-refractivity contribution in [1.29, 1.82) is 0 Å². The maximum Gasteiger partial charge on any atom is 0.255 e. The van der Waals surface area contributed by atoms with Crippen LogP contribution < -0.4 is 10.1 Å². The normalized spacial score (nSPS) is 10.5. The molecule has 110 valence electrons. The minimum absolute atomic E-state index is 0.103. The van der Waals surface area contributed by atoms with Crippen LogP contribution in [0.3, 0.4) is 0 Å². The van der Waals surface area contributed by atoms with Gasteiger partial charge in [0, 0.05) is 11.3 Å². The molecule has 0 unspecified atom stereocenters. The number of hydrogen-bond donors (Lipinski definition) is 1. The molecule has 0 spiro atoms. The topological polar surface area (TPSA) is 38.3 Å². The summed E-state index contributed by atoms with van der Waals surface area (Å²) < 4.78 is 5.11. The number of amides is 1. The van der Waals surface area contributed by atoms with Crippen LogP contribution in [0.1, 0.15) is 41.3 Å². The second kappa shape index (κ2) is 6.44. The van der Waals surface area contributed by atoms with Crippen LogP contribution in [0.15, 0.2) is 42.5 Å². The molecule has 2 aromatic carbocycles. The Labute approximate surface area is 126 Å². The minimum Gasteiger partial charge on any atom is -0.497 e. The smallest absolute Gasteiger partial charge is 0.255 e. The molecule has 0 fully saturated rings. The predicted molar refractivity (Wildman–Crippen MR) is 86.2 cm³/mol. The van der Waals surface area contributed by atoms with Crippen LogP contribution >= 0.6 is 0 Å². The van der Waals surface area contributed by atoms with E-state index in [4.69, 9.17) is 4.74 Å². The molecule has 0 heterocycles. The fourth-order valence-electron chi connectivity index (χ4n) is 2.27. The van der Waals surface area contributed by atoms with Crippen molar-refractivity contribution >= 4 is 11.6 Å². The first-order valence-corrected chi connectivity index (χ1v) is 7.08. The van der Waals surface area contributed by atoms with Gasteiger partial charge in [-0.3, -0.25) is 4.79 Å². The number of carbonyl (C=O) groups is 1. The molecule has 0 saturated heterocycles. The van der Waals surface area contributed by atoms with Crippen molar-refractivity contribution in [3.63, 3.8) is 0 Å². The van der Waals surface area contributed by atoms with Gasteiger partial charge in [0.2, 0.25) is 0 Å². The number of para-hydroxylation sites is 1. The molecule has 0 bridgehead atoms. The van der Waals surface area contributed by atoms with Crippen molar-refractivity contribution in [1.82, 2.24) is 0 Å². The molecule has 3 nitrogen and oxygen atoms in total. The summed E-state index contributed by atoms with van der Waals surface area (Å²) in [4.78, 5) is 12.4. The molecule has 0 aliphatic carbocycles. The lowest BCUT2D eigenvalue weighted by Gasteiger charge is -2.16. The molecular formula is C18H21NO2. The monoisotopic (exact) mass is 283 g/mol. The first-order valence-electron chi connectivity index (χ1n) is 7.08. The summed E-state index contributed by atoms with van der Waals surface area (Å²) in [6, 6.07) is 13.2. The third-order valence-corrected chi connectivity index (χ3v) is 3.52. The van der Waals surface area contributed by atoms with Gasteiger partial charge in [-0.25, -0.2) is 0 Å². The number of carbonyl (C=O) groups excluding carboxylic acids is 1. The SMILES string of the molecule is COc1ccc(C(=O)Nc2c(C)cccc2C(C)C)cc1. The van der Waals surface area contributed by atoms with E-state index in [1.165, 1.54) is 0 Å². The van der Waals surface area contributed by atoms with Crippen molar-refractivity contribution in [3.8, 4) is 5.75 Å². The Kier molecular flexibility index (Phi) is 4.63. The number of benzene rings is 2. The lowest BCUT2D eigenvalue weighted by atomic mass is 9.98. The van der Waals surface area contributed by atoms with Crippen LogP contribution in [0.2, 0.25) is 0 Å². The Hall–Kier alpha value is -2.29. The van der Waals surface area contributed by atoms with Crippen molar-refractivity contribution < 1.29 is 9.53 Å². The van der Waals surface area contributed by atoms with E-state index in [-0.39, 0.29) is 5.91 Å². The summed E-state index contributed by atoms with van der Waals surface area (Å²) in [6.45, 7) is 6.26. The van der Waals surface area contributed by atoms with E-state index in [9.17, 15) is 4.79 Å². The average molecular weight is 283 g/mol. The molecule has 2 aromatic rings. The van der Waals surface area contributed by atoms with E-state index in [0.717, 1.165) is 22.6 Å². The minimum atomic E-state index is -0.103. The van der Waals surface area contributed by atoms with Gasteiger partial charge in [-0.15, -0.1) is 0 Å². The van der Waals surface area contributed by atoms with Crippen LogP contribution in [-0.2, 0) is 0 Å². The first kappa shape index (κ1) is 15.1. The van der Waals surface area contributed by atoms with Gasteiger partial charge in [-0.1, -0.05) is 32.0 Å². The highest BCUT2D eigenvalue weighted by Gasteiger charge is 2.13. The average Bonchev–Trinajstić information content (AvgIpc) is 2.49. The first-order chi connectivity index (χ1) is 10.0. The Morgan fingerprint density at radius 3 is 2.33 bits per heavy atom. The van der Waals surface area contributed by atoms with E-state index in [1.807, 2.05) is 19.1 Å². The quantitative estimate of drug-likeness (QED) is 0.904. The molecule has 1 N–H and O–H groups in total. The molecule has 0 atom stereocenters. The third kappa shape index (κ3) is 3.43. The molecular weight excluding hydrogens is 262 g/mol. The summed E-state index contributed by atoms with van der Waals surface area (Å²) in [5, 5.41) is 3.03. The zero-order valence-corrected chi connectivity index (χ0v) is 12.9. The van der Waals surface area contributed by atoms with Crippen LogP contribution in [0, 0.1) is 6.92 Å². The number of nitrogens with one attached hydrogen (secondary N) is 1. The van der Waals surface area contributed by atoms with Gasteiger partial charge in [-0.2, -0.15) is 0 Å². The lowest BCUT2D eigenvalue weighted by molar-refractivity contribution is 0.102. The van der Waals surface area contributed by atoms with Gasteiger partial charge >= 0.3 is 0 Å². The Morgan fingerprint density at radius 1 is 1.10 bits per heavy atom. The van der Waals surface area contributed by atoms with Gasteiger partial charge < -0.3 is 10.1 Å².